The van der Waals surface area contributed by atoms with Gasteiger partial charge in [-0.3, -0.25) is 4.79 Å². The second-order valence-corrected chi connectivity index (χ2v) is 18.2. The number of hydrogen-bond donors (Lipinski definition) is 17. The molecule has 0 unspecified atom stereocenters. The van der Waals surface area contributed by atoms with E-state index in [0.29, 0.717) is 5.56 Å². The Kier molecular flexibility index (Phi) is 17.9. The molecule has 17 N–H and O–H groups in total. The highest BCUT2D eigenvalue weighted by Crippen LogP contribution is 2.41. The van der Waals surface area contributed by atoms with Gasteiger partial charge in [-0.25, -0.2) is 4.79 Å². The smallest absolute Gasteiger partial charge is 0.330 e. The van der Waals surface area contributed by atoms with Crippen molar-refractivity contribution in [2.45, 2.75) is 123 Å². The van der Waals surface area contributed by atoms with Gasteiger partial charge in [0.05, 0.1) is 19.8 Å². The van der Waals surface area contributed by atoms with Crippen LogP contribution in [-0.4, -0.2) is 242 Å². The van der Waals surface area contributed by atoms with Gasteiger partial charge in [0.2, 0.25) is 23.8 Å². The van der Waals surface area contributed by atoms with E-state index in [1.54, 1.807) is 0 Å². The van der Waals surface area contributed by atoms with Gasteiger partial charge in [-0.1, -0.05) is 12.1 Å². The fraction of sp³-hybridized carbons (Fsp3) is 0.500. The lowest BCUT2D eigenvalue weighted by Gasteiger charge is -2.48. The van der Waals surface area contributed by atoms with Crippen LogP contribution in [0.15, 0.2) is 69.9 Å². The summed E-state index contributed by atoms with van der Waals surface area (Å²) in [4.78, 5) is 27.2. The third-order valence-electron chi connectivity index (χ3n) is 13.1. The zero-order valence-electron chi connectivity index (χ0n) is 39.7. The molecule has 0 amide bonds. The molecule has 4 fully saturated rings. The van der Waals surface area contributed by atoms with Gasteiger partial charge in [-0.05, 0) is 42.0 Å². The molecule has 4 saturated heterocycles. The summed E-state index contributed by atoms with van der Waals surface area (Å²) in [6.45, 7) is -3.65. The maximum absolute atomic E-state index is 14.6. The van der Waals surface area contributed by atoms with Crippen molar-refractivity contribution in [2.75, 3.05) is 26.4 Å². The standard InChI is InChI=1S/C48H56O29/c49-12-24-30(57)35(62)39(66)45(71-24)69-19-10-22(55)29-23(11-19)70-41(17-4-7-20(53)21(54)9-17)42(34(29)61)75-47-44(38(65)32(59)25(13-50)72-47)77-48-43(37(64)31(58)26(14-51)73-48)76-46-40(67)36(63)33(60)27(74-46)15-68-28(56)8-3-16-1-5-18(52)6-2-16/h1-11,24-27,30-33,35-40,43-55,57-60,62-67H,12-15H2/t24-,25-,26-,27-,30-,31-,32-,33-,35+,36+,37+,38+,39-,40-,43-,44-,45-,46+,47+,48+/m1/s1. The van der Waals surface area contributed by atoms with Crippen LogP contribution in [0.3, 0.4) is 0 Å². The molecule has 0 bridgehead atoms. The molecule has 29 nitrogen and oxygen atoms in total. The van der Waals surface area contributed by atoms with Crippen LogP contribution in [0, 0.1) is 0 Å². The largest absolute Gasteiger partial charge is 0.508 e. The monoisotopic (exact) mass is 1100 g/mol. The molecule has 0 saturated carbocycles. The van der Waals surface area contributed by atoms with Crippen molar-refractivity contribution in [1.29, 1.82) is 0 Å². The van der Waals surface area contributed by atoms with E-state index in [2.05, 4.69) is 0 Å². The van der Waals surface area contributed by atoms with Crippen molar-refractivity contribution in [3.05, 3.63) is 76.5 Å². The second-order valence-electron chi connectivity index (χ2n) is 18.2. The van der Waals surface area contributed by atoms with Gasteiger partial charge in [-0.15, -0.1) is 0 Å². The second kappa shape index (κ2) is 24.0. The average Bonchev–Trinajstić information content (AvgIpc) is 3.43. The molecule has 3 aromatic carbocycles. The van der Waals surface area contributed by atoms with Crippen LogP contribution in [-0.2, 0) is 38.0 Å². The summed E-state index contributed by atoms with van der Waals surface area (Å²) in [5.74, 6) is -5.30. The van der Waals surface area contributed by atoms with Gasteiger partial charge in [0.25, 0.3) is 0 Å². The molecular formula is C48H56O29. The zero-order valence-corrected chi connectivity index (χ0v) is 39.7. The zero-order chi connectivity index (χ0) is 55.7. The van der Waals surface area contributed by atoms with Crippen molar-refractivity contribution in [1.82, 2.24) is 0 Å². The fourth-order valence-electron chi connectivity index (χ4n) is 8.75. The van der Waals surface area contributed by atoms with Crippen LogP contribution in [0.2, 0.25) is 0 Å². The molecular weight excluding hydrogens is 1040 g/mol. The van der Waals surface area contributed by atoms with Gasteiger partial charge in [0, 0.05) is 23.8 Å². The minimum Gasteiger partial charge on any atom is -0.508 e. The van der Waals surface area contributed by atoms with Crippen molar-refractivity contribution in [3.8, 4) is 45.8 Å². The highest BCUT2D eigenvalue weighted by molar-refractivity contribution is 5.89. The summed E-state index contributed by atoms with van der Waals surface area (Å²) >= 11 is 0. The Morgan fingerprint density at radius 2 is 1.06 bits per heavy atom. The molecule has 5 heterocycles. The average molecular weight is 1100 g/mol. The first-order valence-electron chi connectivity index (χ1n) is 23.5. The number of esters is 1. The number of aliphatic hydroxyl groups is 13. The minimum atomic E-state index is -2.24. The summed E-state index contributed by atoms with van der Waals surface area (Å²) in [5, 5.41) is 180. The molecule has 29 heteroatoms. The molecule has 422 valence electrons. The molecule has 4 aromatic rings. The Balaban J connectivity index is 1.11. The van der Waals surface area contributed by atoms with Crippen LogP contribution in [0.4, 0.5) is 0 Å². The first kappa shape index (κ1) is 57.3. The van der Waals surface area contributed by atoms with Gasteiger partial charge in [0.15, 0.2) is 35.9 Å². The fourth-order valence-corrected chi connectivity index (χ4v) is 8.75. The number of aliphatic hydroxyl groups excluding tert-OH is 13. The number of hydrogen-bond acceptors (Lipinski definition) is 29. The highest BCUT2D eigenvalue weighted by Gasteiger charge is 2.55. The normalized spacial score (nSPS) is 35.7. The Labute approximate surface area is 432 Å². The van der Waals surface area contributed by atoms with Crippen molar-refractivity contribution >= 4 is 23.0 Å². The topological polar surface area (TPSA) is 474 Å². The van der Waals surface area contributed by atoms with E-state index in [1.165, 1.54) is 30.3 Å². The molecule has 8 rings (SSSR count). The lowest BCUT2D eigenvalue weighted by molar-refractivity contribution is -0.389. The quantitative estimate of drug-likeness (QED) is 0.0283. The van der Waals surface area contributed by atoms with Crippen molar-refractivity contribution in [2.24, 2.45) is 0 Å². The first-order valence-corrected chi connectivity index (χ1v) is 23.5. The Morgan fingerprint density at radius 3 is 1.68 bits per heavy atom. The van der Waals surface area contributed by atoms with E-state index in [9.17, 15) is 96.4 Å². The lowest BCUT2D eigenvalue weighted by Crippen LogP contribution is -2.67. The number of benzene rings is 3. The molecule has 20 atom stereocenters. The maximum Gasteiger partial charge on any atom is 0.330 e. The predicted molar refractivity (Wildman–Crippen MR) is 248 cm³/mol. The number of phenolic OH excluding ortho intramolecular Hbond substituents is 4. The molecule has 0 radical (unpaired) electrons. The van der Waals surface area contributed by atoms with Crippen LogP contribution < -0.4 is 14.9 Å². The number of aromatic hydroxyl groups is 4. The van der Waals surface area contributed by atoms with Gasteiger partial charge in [-0.2, -0.15) is 0 Å². The number of fused-ring (bicyclic) bond motifs is 1. The Bertz CT molecular complexity index is 2750. The molecule has 0 aliphatic carbocycles. The van der Waals surface area contributed by atoms with Gasteiger partial charge in [0.1, 0.15) is 126 Å². The third kappa shape index (κ3) is 11.9. The molecule has 1 aromatic heterocycles. The van der Waals surface area contributed by atoms with Crippen LogP contribution in [0.5, 0.6) is 34.5 Å². The molecule has 77 heavy (non-hydrogen) atoms. The van der Waals surface area contributed by atoms with E-state index in [1.807, 2.05) is 0 Å². The van der Waals surface area contributed by atoms with E-state index in [0.717, 1.165) is 36.4 Å². The summed E-state index contributed by atoms with van der Waals surface area (Å²) in [6, 6.07) is 10.5. The highest BCUT2D eigenvalue weighted by atomic mass is 16.8. The number of ether oxygens (including phenoxy) is 9. The number of carbonyl (C=O) groups is 1. The van der Waals surface area contributed by atoms with Gasteiger partial charge < -0.3 is 134 Å². The SMILES string of the molecule is O=C(C=Cc1ccc(O)cc1)OC[C@H]1O[C@@H](O[C@H]2[C@H](O[C@H]3[C@H](Oc4c(-c5ccc(O)c(O)c5)oc5cc(O[C@@H]6O[C@H](CO)[C@@H](O)[C@H](O)[C@H]6O)cc(O)c5c4=O)O[C@H](CO)[C@@H](O)[C@@H]3O)O[C@H](CO)[C@@H](O)[C@@H]2O)[C@H](O)[C@@H](O)[C@@H]1O. The van der Waals surface area contributed by atoms with E-state index >= 15 is 0 Å². The molecule has 4 aliphatic rings. The third-order valence-corrected chi connectivity index (χ3v) is 13.1. The predicted octanol–water partition coefficient (Wildman–Crippen LogP) is -5.45. The molecule has 0 spiro atoms. The van der Waals surface area contributed by atoms with Crippen molar-refractivity contribution < 1.29 is 139 Å². The first-order chi connectivity index (χ1) is 36.6. The van der Waals surface area contributed by atoms with Crippen LogP contribution in [0.1, 0.15) is 5.56 Å². The number of phenols is 4. The van der Waals surface area contributed by atoms with E-state index in [4.69, 9.17) is 47.0 Å². The van der Waals surface area contributed by atoms with Crippen molar-refractivity contribution in [3.63, 3.8) is 0 Å². The maximum atomic E-state index is 14.6. The van der Waals surface area contributed by atoms with E-state index < -0.39 is 206 Å². The summed E-state index contributed by atoms with van der Waals surface area (Å²) < 4.78 is 57.4. The minimum absolute atomic E-state index is 0.0288. The van der Waals surface area contributed by atoms with E-state index in [-0.39, 0.29) is 11.3 Å². The lowest BCUT2D eigenvalue weighted by atomic mass is 9.96. The molecule has 4 aliphatic heterocycles. The summed E-state index contributed by atoms with van der Waals surface area (Å²) in [5.41, 5.74) is -1.53. The van der Waals surface area contributed by atoms with Gasteiger partial charge >= 0.3 is 5.97 Å². The summed E-state index contributed by atoms with van der Waals surface area (Å²) in [6.07, 6.45) is -37.1. The number of rotatable bonds is 16. The number of carbonyl (C=O) groups excluding carboxylic acids is 1. The Morgan fingerprint density at radius 1 is 0.532 bits per heavy atom. The summed E-state index contributed by atoms with van der Waals surface area (Å²) in [7, 11) is 0. The van der Waals surface area contributed by atoms with Crippen LogP contribution >= 0.6 is 0 Å². The Hall–Kier alpha value is -5.88. The van der Waals surface area contributed by atoms with Crippen LogP contribution in [0.25, 0.3) is 28.4 Å².